The molecule has 0 saturated heterocycles. The fourth-order valence-electron chi connectivity index (χ4n) is 1.95. The third-order valence-electron chi connectivity index (χ3n) is 2.43. The molecule has 0 fully saturated rings. The molecule has 1 unspecified atom stereocenters. The molecule has 0 aliphatic carbocycles. The van der Waals surface area contributed by atoms with Crippen molar-refractivity contribution in [3.63, 3.8) is 0 Å². The first-order chi connectivity index (χ1) is 7.45. The summed E-state index contributed by atoms with van der Waals surface area (Å²) in [5.41, 5.74) is 6.16. The van der Waals surface area contributed by atoms with Crippen LogP contribution >= 0.6 is 11.8 Å². The molecule has 2 N–H and O–H groups in total. The van der Waals surface area contributed by atoms with Crippen LogP contribution in [0.2, 0.25) is 0 Å². The molecule has 0 saturated carbocycles. The van der Waals surface area contributed by atoms with Gasteiger partial charge in [-0.25, -0.2) is 0 Å². The molecule has 0 aliphatic heterocycles. The fourth-order valence-corrected chi connectivity index (χ4v) is 2.49. The molecule has 1 atom stereocenters. The van der Waals surface area contributed by atoms with Gasteiger partial charge in [-0.3, -0.25) is 0 Å². The van der Waals surface area contributed by atoms with Gasteiger partial charge in [-0.15, -0.1) is 0 Å². The van der Waals surface area contributed by atoms with Gasteiger partial charge in [-0.1, -0.05) is 27.7 Å². The van der Waals surface area contributed by atoms with E-state index in [2.05, 4.69) is 38.9 Å². The average Bonchev–Trinajstić information content (AvgIpc) is 2.12. The van der Waals surface area contributed by atoms with E-state index in [4.69, 9.17) is 5.73 Å². The summed E-state index contributed by atoms with van der Waals surface area (Å²) in [6.07, 6.45) is 3.28. The lowest BCUT2D eigenvalue weighted by Gasteiger charge is -2.28. The van der Waals surface area contributed by atoms with Crippen molar-refractivity contribution in [2.24, 2.45) is 17.6 Å². The minimum atomic E-state index is 0.338. The van der Waals surface area contributed by atoms with E-state index >= 15 is 0 Å². The molecule has 2 nitrogen and oxygen atoms in total. The Hall–Kier alpha value is 0.270. The van der Waals surface area contributed by atoms with Gasteiger partial charge in [-0.05, 0) is 30.3 Å². The monoisotopic (exact) mass is 246 g/mol. The van der Waals surface area contributed by atoms with Gasteiger partial charge in [0.25, 0.3) is 0 Å². The van der Waals surface area contributed by atoms with E-state index in [1.807, 2.05) is 11.8 Å². The van der Waals surface area contributed by atoms with E-state index in [-0.39, 0.29) is 0 Å². The maximum atomic E-state index is 6.16. The van der Waals surface area contributed by atoms with Crippen molar-refractivity contribution in [1.82, 2.24) is 4.90 Å². The molecule has 98 valence electrons. The Labute approximate surface area is 106 Å². The number of thioether (sulfide) groups is 1. The van der Waals surface area contributed by atoms with Gasteiger partial charge in [0.15, 0.2) is 0 Å². The second-order valence-corrected chi connectivity index (χ2v) is 6.53. The van der Waals surface area contributed by atoms with Gasteiger partial charge in [0.2, 0.25) is 0 Å². The highest BCUT2D eigenvalue weighted by Crippen LogP contribution is 2.06. The van der Waals surface area contributed by atoms with Crippen molar-refractivity contribution < 1.29 is 0 Å². The Bertz CT molecular complexity index is 150. The molecular formula is C13H30N2S. The molecule has 0 bridgehead atoms. The van der Waals surface area contributed by atoms with Gasteiger partial charge < -0.3 is 10.6 Å². The number of nitrogens with zero attached hydrogens (tertiary/aromatic N) is 1. The zero-order valence-corrected chi connectivity index (χ0v) is 12.5. The molecule has 0 aromatic carbocycles. The molecule has 0 spiro atoms. The smallest absolute Gasteiger partial charge is 0.0175 e. The first kappa shape index (κ1) is 16.3. The van der Waals surface area contributed by atoms with Crippen molar-refractivity contribution >= 4 is 11.8 Å². The maximum Gasteiger partial charge on any atom is 0.0175 e. The Morgan fingerprint density at radius 3 is 1.88 bits per heavy atom. The average molecular weight is 246 g/mol. The predicted octanol–water partition coefficient (Wildman–Crippen LogP) is 2.68. The second-order valence-electron chi connectivity index (χ2n) is 5.55. The minimum Gasteiger partial charge on any atom is -0.327 e. The van der Waals surface area contributed by atoms with Gasteiger partial charge >= 0.3 is 0 Å². The highest BCUT2D eigenvalue weighted by molar-refractivity contribution is 7.98. The lowest BCUT2D eigenvalue weighted by molar-refractivity contribution is 0.206. The molecule has 16 heavy (non-hydrogen) atoms. The van der Waals surface area contributed by atoms with Crippen LogP contribution < -0.4 is 5.73 Å². The molecule has 3 heteroatoms. The van der Waals surface area contributed by atoms with E-state index in [0.29, 0.717) is 6.04 Å². The largest absolute Gasteiger partial charge is 0.327 e. The molecule has 0 heterocycles. The number of rotatable bonds is 9. The maximum absolute atomic E-state index is 6.16. The highest BCUT2D eigenvalue weighted by atomic mass is 32.2. The summed E-state index contributed by atoms with van der Waals surface area (Å²) in [6.45, 7) is 12.5. The fraction of sp³-hybridized carbons (Fsp3) is 1.00. The van der Waals surface area contributed by atoms with E-state index in [9.17, 15) is 0 Å². The minimum absolute atomic E-state index is 0.338. The topological polar surface area (TPSA) is 29.3 Å². The summed E-state index contributed by atoms with van der Waals surface area (Å²) in [5.74, 6) is 2.64. The SMILES string of the molecule is CSCCC(N)CN(CC(C)C)CC(C)C. The Morgan fingerprint density at radius 2 is 1.50 bits per heavy atom. The summed E-state index contributed by atoms with van der Waals surface area (Å²) in [6, 6.07) is 0.338. The summed E-state index contributed by atoms with van der Waals surface area (Å²) in [7, 11) is 0. The molecule has 0 amide bonds. The molecule has 0 aromatic rings. The Morgan fingerprint density at radius 1 is 1.00 bits per heavy atom. The third kappa shape index (κ3) is 9.49. The zero-order chi connectivity index (χ0) is 12.6. The van der Waals surface area contributed by atoms with Crippen LogP contribution in [-0.4, -0.2) is 42.6 Å². The van der Waals surface area contributed by atoms with Crippen LogP contribution in [0.5, 0.6) is 0 Å². The van der Waals surface area contributed by atoms with Crippen LogP contribution in [-0.2, 0) is 0 Å². The van der Waals surface area contributed by atoms with E-state index in [0.717, 1.165) is 24.8 Å². The Balaban J connectivity index is 3.98. The number of hydrogen-bond donors (Lipinski definition) is 1. The molecule has 0 aliphatic rings. The number of nitrogens with two attached hydrogens (primary N) is 1. The molecular weight excluding hydrogens is 216 g/mol. The third-order valence-corrected chi connectivity index (χ3v) is 3.08. The summed E-state index contributed by atoms with van der Waals surface area (Å²) >= 11 is 1.89. The van der Waals surface area contributed by atoms with Crippen LogP contribution in [0.25, 0.3) is 0 Å². The van der Waals surface area contributed by atoms with Crippen LogP contribution in [0.15, 0.2) is 0 Å². The van der Waals surface area contributed by atoms with Crippen LogP contribution in [0.3, 0.4) is 0 Å². The standard InChI is InChI=1S/C13H30N2S/c1-11(2)8-15(9-12(3)4)10-13(14)6-7-16-5/h11-13H,6-10,14H2,1-5H3. The van der Waals surface area contributed by atoms with Crippen molar-refractivity contribution in [3.05, 3.63) is 0 Å². The molecule has 0 aromatic heterocycles. The van der Waals surface area contributed by atoms with Crippen LogP contribution in [0, 0.1) is 11.8 Å². The van der Waals surface area contributed by atoms with Gasteiger partial charge in [0.05, 0.1) is 0 Å². The van der Waals surface area contributed by atoms with Gasteiger partial charge in [-0.2, -0.15) is 11.8 Å². The Kier molecular flexibility index (Phi) is 9.47. The van der Waals surface area contributed by atoms with Gasteiger partial charge in [0.1, 0.15) is 0 Å². The first-order valence-corrected chi connectivity index (χ1v) is 7.82. The van der Waals surface area contributed by atoms with E-state index in [1.54, 1.807) is 0 Å². The zero-order valence-electron chi connectivity index (χ0n) is 11.7. The lowest BCUT2D eigenvalue weighted by atomic mass is 10.1. The summed E-state index contributed by atoms with van der Waals surface area (Å²) in [5, 5.41) is 0. The van der Waals surface area contributed by atoms with Crippen molar-refractivity contribution in [1.29, 1.82) is 0 Å². The van der Waals surface area contributed by atoms with Crippen LogP contribution in [0.4, 0.5) is 0 Å². The van der Waals surface area contributed by atoms with Crippen molar-refractivity contribution in [2.75, 3.05) is 31.6 Å². The summed E-state index contributed by atoms with van der Waals surface area (Å²) < 4.78 is 0. The second kappa shape index (κ2) is 9.32. The number of hydrogen-bond acceptors (Lipinski definition) is 3. The van der Waals surface area contributed by atoms with Crippen molar-refractivity contribution in [3.8, 4) is 0 Å². The van der Waals surface area contributed by atoms with E-state index < -0.39 is 0 Å². The lowest BCUT2D eigenvalue weighted by Crippen LogP contribution is -2.41. The van der Waals surface area contributed by atoms with E-state index in [1.165, 1.54) is 18.8 Å². The summed E-state index contributed by atoms with van der Waals surface area (Å²) in [4.78, 5) is 2.53. The molecule has 0 radical (unpaired) electrons. The van der Waals surface area contributed by atoms with Crippen molar-refractivity contribution in [2.45, 2.75) is 40.2 Å². The normalized spacial score (nSPS) is 14.1. The quantitative estimate of drug-likeness (QED) is 0.678. The van der Waals surface area contributed by atoms with Gasteiger partial charge in [0, 0.05) is 25.7 Å². The predicted molar refractivity (Wildman–Crippen MR) is 77.1 cm³/mol. The van der Waals surface area contributed by atoms with Crippen LogP contribution in [0.1, 0.15) is 34.1 Å². The molecule has 0 rings (SSSR count). The highest BCUT2D eigenvalue weighted by Gasteiger charge is 2.13. The first-order valence-electron chi connectivity index (χ1n) is 6.42.